The Labute approximate surface area is 145 Å². The summed E-state index contributed by atoms with van der Waals surface area (Å²) in [6.07, 6.45) is 3.80. The SMILES string of the molecule is Cc1cc(N)n(CC(=O)N2CCCN(CC3CC3)C(C(C)C)C2)n1. The number of carbonyl (C=O) groups is 1. The largest absolute Gasteiger partial charge is 0.384 e. The Hall–Kier alpha value is -1.56. The Morgan fingerprint density at radius 3 is 2.71 bits per heavy atom. The summed E-state index contributed by atoms with van der Waals surface area (Å²) in [6, 6.07) is 2.26. The third kappa shape index (κ3) is 4.09. The second kappa shape index (κ2) is 7.13. The number of rotatable bonds is 5. The number of amides is 1. The minimum Gasteiger partial charge on any atom is -0.384 e. The van der Waals surface area contributed by atoms with Crippen LogP contribution in [0.15, 0.2) is 6.07 Å². The van der Waals surface area contributed by atoms with Crippen molar-refractivity contribution in [3.8, 4) is 0 Å². The molecule has 1 unspecified atom stereocenters. The molecular formula is C18H31N5O. The van der Waals surface area contributed by atoms with Crippen molar-refractivity contribution < 1.29 is 4.79 Å². The minimum absolute atomic E-state index is 0.128. The van der Waals surface area contributed by atoms with Crippen LogP contribution >= 0.6 is 0 Å². The van der Waals surface area contributed by atoms with E-state index < -0.39 is 0 Å². The highest BCUT2D eigenvalue weighted by Gasteiger charge is 2.33. The van der Waals surface area contributed by atoms with Gasteiger partial charge in [0, 0.05) is 38.3 Å². The quantitative estimate of drug-likeness (QED) is 0.891. The highest BCUT2D eigenvalue weighted by molar-refractivity contribution is 5.76. The van der Waals surface area contributed by atoms with Crippen LogP contribution in [0.4, 0.5) is 5.82 Å². The van der Waals surface area contributed by atoms with Gasteiger partial charge in [-0.1, -0.05) is 13.8 Å². The molecule has 0 radical (unpaired) electrons. The first-order chi connectivity index (χ1) is 11.4. The number of aromatic nitrogens is 2. The average Bonchev–Trinajstić information content (AvgIpc) is 3.29. The van der Waals surface area contributed by atoms with Crippen LogP contribution in [-0.4, -0.2) is 57.7 Å². The van der Waals surface area contributed by atoms with Crippen molar-refractivity contribution in [3.05, 3.63) is 11.8 Å². The van der Waals surface area contributed by atoms with E-state index in [0.717, 1.165) is 37.7 Å². The summed E-state index contributed by atoms with van der Waals surface area (Å²) < 4.78 is 1.62. The van der Waals surface area contributed by atoms with Gasteiger partial charge in [0.1, 0.15) is 12.4 Å². The fourth-order valence-corrected chi connectivity index (χ4v) is 3.70. The Bertz CT molecular complexity index is 578. The number of nitrogen functional groups attached to an aromatic ring is 1. The molecule has 134 valence electrons. The van der Waals surface area contributed by atoms with Crippen molar-refractivity contribution in [1.29, 1.82) is 0 Å². The van der Waals surface area contributed by atoms with Crippen LogP contribution in [0.2, 0.25) is 0 Å². The topological polar surface area (TPSA) is 67.4 Å². The number of hydrogen-bond acceptors (Lipinski definition) is 4. The maximum Gasteiger partial charge on any atom is 0.244 e. The second-order valence-corrected chi connectivity index (χ2v) is 7.81. The van der Waals surface area contributed by atoms with Crippen LogP contribution in [0.25, 0.3) is 0 Å². The number of nitrogens with two attached hydrogens (primary N) is 1. The molecule has 2 aliphatic rings. The summed E-state index contributed by atoms with van der Waals surface area (Å²) in [5.41, 5.74) is 6.78. The lowest BCUT2D eigenvalue weighted by Crippen LogP contribution is -2.47. The highest BCUT2D eigenvalue weighted by atomic mass is 16.2. The van der Waals surface area contributed by atoms with Gasteiger partial charge in [0.05, 0.1) is 5.69 Å². The fourth-order valence-electron chi connectivity index (χ4n) is 3.70. The molecule has 2 N–H and O–H groups in total. The molecule has 24 heavy (non-hydrogen) atoms. The second-order valence-electron chi connectivity index (χ2n) is 7.81. The van der Waals surface area contributed by atoms with Crippen molar-refractivity contribution in [1.82, 2.24) is 19.6 Å². The fraction of sp³-hybridized carbons (Fsp3) is 0.778. The van der Waals surface area contributed by atoms with E-state index in [1.165, 1.54) is 19.4 Å². The van der Waals surface area contributed by atoms with Gasteiger partial charge in [0.2, 0.25) is 5.91 Å². The molecule has 1 amide bonds. The van der Waals surface area contributed by atoms with Gasteiger partial charge in [-0.2, -0.15) is 5.10 Å². The van der Waals surface area contributed by atoms with Crippen LogP contribution in [0, 0.1) is 18.8 Å². The smallest absolute Gasteiger partial charge is 0.244 e. The first kappa shape index (κ1) is 17.3. The standard InChI is InChI=1S/C18H31N5O/c1-13(2)16-11-22(8-4-7-21(16)10-15-5-6-15)18(24)12-23-17(19)9-14(3)20-23/h9,13,15-16H,4-8,10-12,19H2,1-3H3. The molecule has 2 heterocycles. The molecular weight excluding hydrogens is 302 g/mol. The summed E-state index contributed by atoms with van der Waals surface area (Å²) in [7, 11) is 0. The van der Waals surface area contributed by atoms with E-state index in [1.54, 1.807) is 4.68 Å². The number of nitrogens with zero attached hydrogens (tertiary/aromatic N) is 4. The van der Waals surface area contributed by atoms with Crippen LogP contribution < -0.4 is 5.73 Å². The van der Waals surface area contributed by atoms with Gasteiger partial charge in [-0.3, -0.25) is 9.69 Å². The Balaban J connectivity index is 1.66. The number of hydrogen-bond donors (Lipinski definition) is 1. The van der Waals surface area contributed by atoms with Crippen LogP contribution in [0.3, 0.4) is 0 Å². The summed E-state index contributed by atoms with van der Waals surface area (Å²) >= 11 is 0. The monoisotopic (exact) mass is 333 g/mol. The highest BCUT2D eigenvalue weighted by Crippen LogP contribution is 2.31. The number of carbonyl (C=O) groups excluding carboxylic acids is 1. The zero-order valence-corrected chi connectivity index (χ0v) is 15.2. The van der Waals surface area contributed by atoms with E-state index in [0.29, 0.717) is 17.8 Å². The lowest BCUT2D eigenvalue weighted by atomic mass is 10.0. The Morgan fingerprint density at radius 1 is 1.38 bits per heavy atom. The first-order valence-corrected chi connectivity index (χ1v) is 9.25. The van der Waals surface area contributed by atoms with E-state index in [-0.39, 0.29) is 12.5 Å². The van der Waals surface area contributed by atoms with Crippen LogP contribution in [-0.2, 0) is 11.3 Å². The number of aryl methyl sites for hydroxylation is 1. The van der Waals surface area contributed by atoms with Crippen LogP contribution in [0.5, 0.6) is 0 Å². The van der Waals surface area contributed by atoms with E-state index in [4.69, 9.17) is 5.73 Å². The minimum atomic E-state index is 0.128. The number of anilines is 1. The molecule has 1 saturated carbocycles. The molecule has 0 spiro atoms. The summed E-state index contributed by atoms with van der Waals surface area (Å²) in [6.45, 7) is 10.6. The van der Waals surface area contributed by atoms with E-state index >= 15 is 0 Å². The van der Waals surface area contributed by atoms with Crippen molar-refractivity contribution >= 4 is 11.7 Å². The molecule has 6 nitrogen and oxygen atoms in total. The molecule has 0 bridgehead atoms. The predicted octanol–water partition coefficient (Wildman–Crippen LogP) is 1.74. The summed E-state index contributed by atoms with van der Waals surface area (Å²) in [4.78, 5) is 17.4. The van der Waals surface area contributed by atoms with Crippen LogP contribution in [0.1, 0.15) is 38.8 Å². The lowest BCUT2D eigenvalue weighted by Gasteiger charge is -2.34. The third-order valence-corrected chi connectivity index (χ3v) is 5.28. The third-order valence-electron chi connectivity index (χ3n) is 5.28. The zero-order valence-electron chi connectivity index (χ0n) is 15.2. The molecule has 6 heteroatoms. The van der Waals surface area contributed by atoms with Crippen molar-refractivity contribution in [2.45, 2.75) is 52.6 Å². The lowest BCUT2D eigenvalue weighted by molar-refractivity contribution is -0.132. The summed E-state index contributed by atoms with van der Waals surface area (Å²) in [5.74, 6) is 2.13. The Kier molecular flexibility index (Phi) is 5.13. The molecule has 1 aromatic heterocycles. The summed E-state index contributed by atoms with van der Waals surface area (Å²) in [5, 5.41) is 4.32. The molecule has 1 atom stereocenters. The van der Waals surface area contributed by atoms with E-state index in [1.807, 2.05) is 17.9 Å². The molecule has 1 aliphatic heterocycles. The van der Waals surface area contributed by atoms with E-state index in [2.05, 4.69) is 23.8 Å². The van der Waals surface area contributed by atoms with Gasteiger partial charge in [-0.05, 0) is 38.0 Å². The maximum absolute atomic E-state index is 12.8. The maximum atomic E-state index is 12.8. The van der Waals surface area contributed by atoms with Crippen molar-refractivity contribution in [3.63, 3.8) is 0 Å². The molecule has 3 rings (SSSR count). The molecule has 1 saturated heterocycles. The predicted molar refractivity (Wildman–Crippen MR) is 95.5 cm³/mol. The van der Waals surface area contributed by atoms with E-state index in [9.17, 15) is 4.79 Å². The van der Waals surface area contributed by atoms with Crippen molar-refractivity contribution in [2.75, 3.05) is 31.9 Å². The van der Waals surface area contributed by atoms with Gasteiger partial charge >= 0.3 is 0 Å². The normalized spacial score (nSPS) is 22.8. The van der Waals surface area contributed by atoms with Gasteiger partial charge in [-0.15, -0.1) is 0 Å². The van der Waals surface area contributed by atoms with Crippen molar-refractivity contribution in [2.24, 2.45) is 11.8 Å². The zero-order chi connectivity index (χ0) is 17.3. The average molecular weight is 333 g/mol. The van der Waals surface area contributed by atoms with Gasteiger partial charge < -0.3 is 10.6 Å². The van der Waals surface area contributed by atoms with Gasteiger partial charge in [0.15, 0.2) is 0 Å². The van der Waals surface area contributed by atoms with Gasteiger partial charge in [0.25, 0.3) is 0 Å². The van der Waals surface area contributed by atoms with Gasteiger partial charge in [-0.25, -0.2) is 4.68 Å². The first-order valence-electron chi connectivity index (χ1n) is 9.25. The Morgan fingerprint density at radius 2 is 2.12 bits per heavy atom. The molecule has 1 aromatic rings. The molecule has 1 aliphatic carbocycles. The molecule has 2 fully saturated rings. The molecule has 0 aromatic carbocycles.